The summed E-state index contributed by atoms with van der Waals surface area (Å²) in [6, 6.07) is 9.61. The van der Waals surface area contributed by atoms with Gasteiger partial charge in [-0.15, -0.1) is 0 Å². The molecule has 0 aliphatic heterocycles. The zero-order chi connectivity index (χ0) is 21.6. The summed E-state index contributed by atoms with van der Waals surface area (Å²) in [4.78, 5) is 23.7. The molecule has 156 valence electrons. The maximum absolute atomic E-state index is 12.4. The van der Waals surface area contributed by atoms with Crippen LogP contribution >= 0.6 is 0 Å². The molecule has 7 nitrogen and oxygen atoms in total. The molecular weight excluding hydrogens is 394 g/mol. The third-order valence-electron chi connectivity index (χ3n) is 4.35. The lowest BCUT2D eigenvalue weighted by Gasteiger charge is -2.12. The summed E-state index contributed by atoms with van der Waals surface area (Å²) >= 11 is 0. The third-order valence-corrected chi connectivity index (χ3v) is 5.75. The molecule has 8 heteroatoms. The summed E-state index contributed by atoms with van der Waals surface area (Å²) < 4.78 is 37.6. The minimum atomic E-state index is -3.83. The minimum absolute atomic E-state index is 0.0844. The fourth-order valence-corrected chi connectivity index (χ4v) is 3.59. The Hall–Kier alpha value is -2.71. The van der Waals surface area contributed by atoms with E-state index >= 15 is 0 Å². The van der Waals surface area contributed by atoms with Crippen LogP contribution in [-0.4, -0.2) is 33.3 Å². The van der Waals surface area contributed by atoms with Crippen molar-refractivity contribution in [2.24, 2.45) is 0 Å². The van der Waals surface area contributed by atoms with Crippen LogP contribution in [0.4, 0.5) is 0 Å². The van der Waals surface area contributed by atoms with E-state index < -0.39 is 22.5 Å². The first kappa shape index (κ1) is 22.6. The molecule has 2 aromatic rings. The van der Waals surface area contributed by atoms with E-state index in [4.69, 9.17) is 9.47 Å². The van der Waals surface area contributed by atoms with E-state index in [1.54, 1.807) is 30.3 Å². The molecule has 0 heterocycles. The van der Waals surface area contributed by atoms with E-state index in [0.29, 0.717) is 23.5 Å². The molecule has 0 fully saturated rings. The van der Waals surface area contributed by atoms with Gasteiger partial charge in [0.15, 0.2) is 5.78 Å². The second kappa shape index (κ2) is 9.67. The first-order valence-corrected chi connectivity index (χ1v) is 10.6. The van der Waals surface area contributed by atoms with Crippen LogP contribution in [0, 0.1) is 13.8 Å². The van der Waals surface area contributed by atoms with Gasteiger partial charge >= 0.3 is 5.97 Å². The Morgan fingerprint density at radius 3 is 2.38 bits per heavy atom. The van der Waals surface area contributed by atoms with Crippen LogP contribution in [-0.2, 0) is 26.2 Å². The smallest absolute Gasteiger partial charge is 0.321 e. The molecule has 0 spiro atoms. The number of sulfonamides is 1. The average Bonchev–Trinajstić information content (AvgIpc) is 2.67. The summed E-state index contributed by atoms with van der Waals surface area (Å²) in [5.74, 6) is -0.365. The molecule has 0 unspecified atom stereocenters. The number of ether oxygens (including phenoxy) is 2. The van der Waals surface area contributed by atoms with Gasteiger partial charge in [-0.1, -0.05) is 6.07 Å². The van der Waals surface area contributed by atoms with Crippen molar-refractivity contribution in [3.05, 3.63) is 58.7 Å². The van der Waals surface area contributed by atoms with Crippen LogP contribution in [0.3, 0.4) is 0 Å². The van der Waals surface area contributed by atoms with Gasteiger partial charge in [0.05, 0.1) is 11.5 Å². The third kappa shape index (κ3) is 6.13. The number of hydrogen-bond acceptors (Lipinski definition) is 6. The van der Waals surface area contributed by atoms with E-state index in [2.05, 4.69) is 4.72 Å². The van der Waals surface area contributed by atoms with Crippen molar-refractivity contribution in [2.45, 2.75) is 39.2 Å². The quantitative estimate of drug-likeness (QED) is 0.496. The normalized spacial score (nSPS) is 11.2. The Morgan fingerprint density at radius 2 is 1.76 bits per heavy atom. The molecule has 0 radical (unpaired) electrons. The molecule has 2 aromatic carbocycles. The summed E-state index contributed by atoms with van der Waals surface area (Å²) in [6.45, 7) is 6.72. The molecule has 0 aromatic heterocycles. The SMILES string of the molecule is CCOc1ccc(C(C)=O)cc1COC(=O)CNS(=O)(=O)c1ccc(C)c(C)c1. The zero-order valence-corrected chi connectivity index (χ0v) is 17.8. The highest BCUT2D eigenvalue weighted by atomic mass is 32.2. The lowest BCUT2D eigenvalue weighted by molar-refractivity contribution is -0.143. The number of carbonyl (C=O) groups is 2. The Bertz CT molecular complexity index is 1010. The van der Waals surface area contributed by atoms with Crippen molar-refractivity contribution < 1.29 is 27.5 Å². The van der Waals surface area contributed by atoms with Crippen LogP contribution in [0.25, 0.3) is 0 Å². The van der Waals surface area contributed by atoms with Crippen molar-refractivity contribution >= 4 is 21.8 Å². The van der Waals surface area contributed by atoms with Crippen LogP contribution in [0.2, 0.25) is 0 Å². The van der Waals surface area contributed by atoms with E-state index in [-0.39, 0.29) is 17.3 Å². The Balaban J connectivity index is 2.01. The Morgan fingerprint density at radius 1 is 1.03 bits per heavy atom. The molecule has 0 aliphatic carbocycles. The second-order valence-electron chi connectivity index (χ2n) is 6.54. The highest BCUT2D eigenvalue weighted by Gasteiger charge is 2.17. The molecule has 0 bridgehead atoms. The fraction of sp³-hybridized carbons (Fsp3) is 0.333. The summed E-state index contributed by atoms with van der Waals surface area (Å²) in [5.41, 5.74) is 2.81. The number of rotatable bonds is 9. The molecule has 0 aliphatic rings. The molecule has 0 saturated carbocycles. The standard InChI is InChI=1S/C21H25NO6S/c1-5-27-20-9-7-17(16(4)23)11-18(20)13-28-21(24)12-22-29(25,26)19-8-6-14(2)15(3)10-19/h6-11,22H,5,12-13H2,1-4H3. The minimum Gasteiger partial charge on any atom is -0.493 e. The number of esters is 1. The number of nitrogens with one attached hydrogen (secondary N) is 1. The Labute approximate surface area is 171 Å². The van der Waals surface area contributed by atoms with Crippen LogP contribution in [0.5, 0.6) is 5.75 Å². The van der Waals surface area contributed by atoms with Gasteiger partial charge in [-0.25, -0.2) is 8.42 Å². The maximum Gasteiger partial charge on any atom is 0.321 e. The van der Waals surface area contributed by atoms with Gasteiger partial charge in [0.2, 0.25) is 10.0 Å². The van der Waals surface area contributed by atoms with Crippen molar-refractivity contribution in [3.63, 3.8) is 0 Å². The highest BCUT2D eigenvalue weighted by Crippen LogP contribution is 2.22. The predicted molar refractivity (Wildman–Crippen MR) is 109 cm³/mol. The number of aryl methyl sites for hydroxylation is 2. The van der Waals surface area contributed by atoms with Gasteiger partial charge in [0, 0.05) is 11.1 Å². The van der Waals surface area contributed by atoms with Crippen LogP contribution in [0.15, 0.2) is 41.3 Å². The first-order valence-electron chi connectivity index (χ1n) is 9.13. The maximum atomic E-state index is 12.4. The van der Waals surface area contributed by atoms with Gasteiger partial charge in [0.25, 0.3) is 0 Å². The number of ketones is 1. The van der Waals surface area contributed by atoms with Gasteiger partial charge in [0.1, 0.15) is 18.9 Å². The van der Waals surface area contributed by atoms with Crippen molar-refractivity contribution in [1.82, 2.24) is 4.72 Å². The lowest BCUT2D eigenvalue weighted by atomic mass is 10.1. The predicted octanol–water partition coefficient (Wildman–Crippen LogP) is 2.93. The van der Waals surface area contributed by atoms with Crippen molar-refractivity contribution in [3.8, 4) is 5.75 Å². The van der Waals surface area contributed by atoms with Crippen molar-refractivity contribution in [2.75, 3.05) is 13.2 Å². The average molecular weight is 419 g/mol. The number of Topliss-reactive ketones (excluding diaryl/α,β-unsaturated/α-hetero) is 1. The van der Waals surface area contributed by atoms with E-state index in [1.807, 2.05) is 20.8 Å². The van der Waals surface area contributed by atoms with Crippen LogP contribution in [0.1, 0.15) is 40.9 Å². The van der Waals surface area contributed by atoms with E-state index in [9.17, 15) is 18.0 Å². The molecule has 2 rings (SSSR count). The van der Waals surface area contributed by atoms with E-state index in [1.165, 1.54) is 13.0 Å². The van der Waals surface area contributed by atoms with Gasteiger partial charge in [-0.05, 0) is 69.2 Å². The number of benzene rings is 2. The van der Waals surface area contributed by atoms with Crippen molar-refractivity contribution in [1.29, 1.82) is 0 Å². The molecular formula is C21H25NO6S. The summed E-state index contributed by atoms with van der Waals surface area (Å²) in [5, 5.41) is 0. The lowest BCUT2D eigenvalue weighted by Crippen LogP contribution is -2.30. The molecule has 29 heavy (non-hydrogen) atoms. The second-order valence-corrected chi connectivity index (χ2v) is 8.31. The Kier molecular flexibility index (Phi) is 7.53. The molecule has 0 saturated heterocycles. The molecule has 1 N–H and O–H groups in total. The monoisotopic (exact) mass is 419 g/mol. The number of hydrogen-bond donors (Lipinski definition) is 1. The zero-order valence-electron chi connectivity index (χ0n) is 16.9. The van der Waals surface area contributed by atoms with Gasteiger partial charge in [-0.2, -0.15) is 4.72 Å². The first-order chi connectivity index (χ1) is 13.6. The topological polar surface area (TPSA) is 98.8 Å². The fourth-order valence-electron chi connectivity index (χ4n) is 2.54. The number of carbonyl (C=O) groups excluding carboxylic acids is 2. The highest BCUT2D eigenvalue weighted by molar-refractivity contribution is 7.89. The van der Waals surface area contributed by atoms with Gasteiger partial charge < -0.3 is 9.47 Å². The largest absolute Gasteiger partial charge is 0.493 e. The van der Waals surface area contributed by atoms with Gasteiger partial charge in [-0.3, -0.25) is 9.59 Å². The molecule has 0 amide bonds. The summed E-state index contributed by atoms with van der Waals surface area (Å²) in [6.07, 6.45) is 0. The van der Waals surface area contributed by atoms with E-state index in [0.717, 1.165) is 11.1 Å². The van der Waals surface area contributed by atoms with Crippen LogP contribution < -0.4 is 9.46 Å². The summed E-state index contributed by atoms with van der Waals surface area (Å²) in [7, 11) is -3.83. The molecule has 0 atom stereocenters.